The monoisotopic (exact) mass is 372 g/mol. The highest BCUT2D eigenvalue weighted by molar-refractivity contribution is 5.20. The zero-order chi connectivity index (χ0) is 19.0. The molecular weight excluding hydrogens is 347 g/mol. The van der Waals surface area contributed by atoms with Crippen molar-refractivity contribution < 1.29 is 19.7 Å². The Kier molecular flexibility index (Phi) is 4.88. The predicted octanol–water partition coefficient (Wildman–Crippen LogP) is 2.28. The molecule has 4 atom stereocenters. The van der Waals surface area contributed by atoms with Gasteiger partial charge >= 0.3 is 0 Å². The quantitative estimate of drug-likeness (QED) is 0.751. The predicted molar refractivity (Wildman–Crippen MR) is 98.6 cm³/mol. The highest BCUT2D eigenvalue weighted by atomic mass is 19.1. The molecule has 1 aromatic heterocycles. The lowest BCUT2D eigenvalue weighted by molar-refractivity contribution is 0.0327. The molecule has 144 valence electrons. The summed E-state index contributed by atoms with van der Waals surface area (Å²) in [5, 5.41) is 30.7. The van der Waals surface area contributed by atoms with E-state index < -0.39 is 11.7 Å². The first-order chi connectivity index (χ1) is 12.9. The van der Waals surface area contributed by atoms with Crippen LogP contribution in [0, 0.1) is 17.7 Å². The Morgan fingerprint density at radius 1 is 1.11 bits per heavy atom. The van der Waals surface area contributed by atoms with E-state index in [2.05, 4.69) is 9.88 Å². The van der Waals surface area contributed by atoms with E-state index in [4.69, 9.17) is 0 Å². The number of β-amino-alcohol motifs (C(OH)–C–C–N with tert-alkyl or cyclic N) is 1. The fourth-order valence-corrected chi connectivity index (χ4v) is 4.77. The standard InChI is InChI=1S/C21H25FN2O3/c22-17-3-1-14(2-4-17)7-21(27)8-15-11-24(12-16(15)9-21)13-20(26)19-6-5-18(25)10-23-19/h1-6,10,15-16,20,25-27H,7-9,11-13H2/t15-,16+,20-,21?/m0/s1. The third-order valence-electron chi connectivity index (χ3n) is 5.93. The summed E-state index contributed by atoms with van der Waals surface area (Å²) in [6.45, 7) is 2.21. The van der Waals surface area contributed by atoms with Crippen LogP contribution in [-0.4, -0.2) is 50.4 Å². The number of aliphatic hydroxyl groups is 2. The number of nitrogens with zero attached hydrogens (tertiary/aromatic N) is 2. The molecule has 2 aromatic rings. The topological polar surface area (TPSA) is 76.8 Å². The first-order valence-corrected chi connectivity index (χ1v) is 9.42. The zero-order valence-electron chi connectivity index (χ0n) is 15.1. The third kappa shape index (κ3) is 4.13. The molecule has 0 spiro atoms. The number of rotatable bonds is 5. The maximum atomic E-state index is 13.1. The van der Waals surface area contributed by atoms with E-state index in [9.17, 15) is 19.7 Å². The molecule has 1 aliphatic heterocycles. The van der Waals surface area contributed by atoms with Gasteiger partial charge in [-0.3, -0.25) is 9.88 Å². The van der Waals surface area contributed by atoms with Crippen LogP contribution >= 0.6 is 0 Å². The van der Waals surface area contributed by atoms with Gasteiger partial charge < -0.3 is 15.3 Å². The Morgan fingerprint density at radius 2 is 1.78 bits per heavy atom. The lowest BCUT2D eigenvalue weighted by atomic mass is 9.91. The van der Waals surface area contributed by atoms with Gasteiger partial charge in [0.25, 0.3) is 0 Å². The van der Waals surface area contributed by atoms with Crippen molar-refractivity contribution >= 4 is 0 Å². The molecule has 1 saturated carbocycles. The van der Waals surface area contributed by atoms with Crippen LogP contribution < -0.4 is 0 Å². The number of aromatic nitrogens is 1. The molecule has 27 heavy (non-hydrogen) atoms. The molecule has 1 aromatic carbocycles. The zero-order valence-corrected chi connectivity index (χ0v) is 15.1. The summed E-state index contributed by atoms with van der Waals surface area (Å²) in [6, 6.07) is 9.53. The van der Waals surface area contributed by atoms with E-state index in [0.29, 0.717) is 30.5 Å². The van der Waals surface area contributed by atoms with Crippen LogP contribution in [0.5, 0.6) is 5.75 Å². The molecular formula is C21H25FN2O3. The Balaban J connectivity index is 1.32. The summed E-state index contributed by atoms with van der Waals surface area (Å²) in [6.07, 6.45) is 2.67. The lowest BCUT2D eigenvalue weighted by Crippen LogP contribution is -2.33. The summed E-state index contributed by atoms with van der Waals surface area (Å²) in [4.78, 5) is 6.30. The molecule has 0 amide bonds. The number of aliphatic hydroxyl groups excluding tert-OH is 1. The van der Waals surface area contributed by atoms with Crippen LogP contribution in [0.2, 0.25) is 0 Å². The number of hydrogen-bond acceptors (Lipinski definition) is 5. The molecule has 6 heteroatoms. The van der Waals surface area contributed by atoms with Crippen molar-refractivity contribution in [3.63, 3.8) is 0 Å². The minimum Gasteiger partial charge on any atom is -0.506 e. The number of pyridine rings is 1. The maximum absolute atomic E-state index is 13.1. The summed E-state index contributed by atoms with van der Waals surface area (Å²) < 4.78 is 13.1. The van der Waals surface area contributed by atoms with Crippen molar-refractivity contribution in [2.75, 3.05) is 19.6 Å². The van der Waals surface area contributed by atoms with Crippen LogP contribution in [0.3, 0.4) is 0 Å². The van der Waals surface area contributed by atoms with Gasteiger partial charge in [-0.25, -0.2) is 4.39 Å². The molecule has 2 heterocycles. The van der Waals surface area contributed by atoms with Crippen molar-refractivity contribution in [2.24, 2.45) is 11.8 Å². The first-order valence-electron chi connectivity index (χ1n) is 9.42. The molecule has 0 radical (unpaired) electrons. The van der Waals surface area contributed by atoms with Gasteiger partial charge in [0.1, 0.15) is 17.7 Å². The van der Waals surface area contributed by atoms with Crippen LogP contribution in [0.4, 0.5) is 4.39 Å². The minimum absolute atomic E-state index is 0.0853. The van der Waals surface area contributed by atoms with Gasteiger partial charge in [0, 0.05) is 26.1 Å². The molecule has 1 unspecified atom stereocenters. The van der Waals surface area contributed by atoms with Gasteiger partial charge in [-0.05, 0) is 54.5 Å². The van der Waals surface area contributed by atoms with E-state index in [1.807, 2.05) is 0 Å². The molecule has 2 aliphatic rings. The fraction of sp³-hybridized carbons (Fsp3) is 0.476. The second-order valence-electron chi connectivity index (χ2n) is 8.13. The van der Waals surface area contributed by atoms with E-state index in [-0.39, 0.29) is 11.6 Å². The molecule has 1 saturated heterocycles. The Labute approximate surface area is 158 Å². The van der Waals surface area contributed by atoms with Crippen molar-refractivity contribution in [3.8, 4) is 5.75 Å². The number of likely N-dealkylation sites (tertiary alicyclic amines) is 1. The van der Waals surface area contributed by atoms with Crippen molar-refractivity contribution in [1.82, 2.24) is 9.88 Å². The van der Waals surface area contributed by atoms with Crippen molar-refractivity contribution in [2.45, 2.75) is 31.0 Å². The molecule has 1 aliphatic carbocycles. The maximum Gasteiger partial charge on any atom is 0.133 e. The fourth-order valence-electron chi connectivity index (χ4n) is 4.77. The second-order valence-corrected chi connectivity index (χ2v) is 8.13. The highest BCUT2D eigenvalue weighted by Crippen LogP contribution is 2.45. The average molecular weight is 372 g/mol. The number of fused-ring (bicyclic) bond motifs is 1. The Bertz CT molecular complexity index is 767. The van der Waals surface area contributed by atoms with Gasteiger partial charge in [-0.2, -0.15) is 0 Å². The molecule has 2 fully saturated rings. The van der Waals surface area contributed by atoms with E-state index in [1.165, 1.54) is 24.4 Å². The highest BCUT2D eigenvalue weighted by Gasteiger charge is 2.48. The van der Waals surface area contributed by atoms with Crippen LogP contribution in [0.15, 0.2) is 42.6 Å². The SMILES string of the molecule is Oc1ccc([C@@H](O)CN2C[C@@H]3CC(O)(Cc4ccc(F)cc4)C[C@@H]3C2)nc1. The Morgan fingerprint density at radius 3 is 2.37 bits per heavy atom. The minimum atomic E-state index is -0.726. The van der Waals surface area contributed by atoms with E-state index in [1.54, 1.807) is 18.2 Å². The summed E-state index contributed by atoms with van der Waals surface area (Å²) >= 11 is 0. The molecule has 0 bridgehead atoms. The van der Waals surface area contributed by atoms with Gasteiger partial charge in [-0.15, -0.1) is 0 Å². The van der Waals surface area contributed by atoms with Gasteiger partial charge in [0.05, 0.1) is 17.5 Å². The largest absolute Gasteiger partial charge is 0.506 e. The van der Waals surface area contributed by atoms with Crippen LogP contribution in [0.25, 0.3) is 0 Å². The average Bonchev–Trinajstić information content (AvgIpc) is 3.11. The van der Waals surface area contributed by atoms with Gasteiger partial charge in [-0.1, -0.05) is 12.1 Å². The summed E-state index contributed by atoms with van der Waals surface area (Å²) in [5.74, 6) is 0.652. The molecule has 4 rings (SSSR count). The second kappa shape index (κ2) is 7.19. The number of aromatic hydroxyl groups is 1. The van der Waals surface area contributed by atoms with Gasteiger partial charge in [0.15, 0.2) is 0 Å². The number of hydrogen-bond donors (Lipinski definition) is 3. The van der Waals surface area contributed by atoms with Crippen molar-refractivity contribution in [3.05, 3.63) is 59.7 Å². The Hall–Kier alpha value is -2.02. The van der Waals surface area contributed by atoms with Crippen LogP contribution in [0.1, 0.15) is 30.2 Å². The van der Waals surface area contributed by atoms with Crippen molar-refractivity contribution in [1.29, 1.82) is 0 Å². The number of benzene rings is 1. The van der Waals surface area contributed by atoms with E-state index >= 15 is 0 Å². The third-order valence-corrected chi connectivity index (χ3v) is 5.93. The normalized spacial score (nSPS) is 29.0. The van der Waals surface area contributed by atoms with Gasteiger partial charge in [0.2, 0.25) is 0 Å². The summed E-state index contributed by atoms with van der Waals surface area (Å²) in [5.41, 5.74) is 0.790. The summed E-state index contributed by atoms with van der Waals surface area (Å²) in [7, 11) is 0. The lowest BCUT2D eigenvalue weighted by Gasteiger charge is -2.27. The molecule has 3 N–H and O–H groups in total. The van der Waals surface area contributed by atoms with Crippen LogP contribution in [-0.2, 0) is 6.42 Å². The first kappa shape index (κ1) is 18.3. The van der Waals surface area contributed by atoms with E-state index in [0.717, 1.165) is 31.5 Å². The number of halogens is 1. The molecule has 5 nitrogen and oxygen atoms in total. The smallest absolute Gasteiger partial charge is 0.133 e.